The molecule has 3 N–H and O–H groups in total. The van der Waals surface area contributed by atoms with Crippen LogP contribution in [0.5, 0.6) is 0 Å². The van der Waals surface area contributed by atoms with Gasteiger partial charge in [0.05, 0.1) is 0 Å². The molecule has 1 rings (SSSR count). The van der Waals surface area contributed by atoms with E-state index in [4.69, 9.17) is 11.1 Å². The Balaban J connectivity index is 2.86. The number of imidazole rings is 1. The number of halogens is 3. The van der Waals surface area contributed by atoms with Gasteiger partial charge in [-0.3, -0.25) is 5.41 Å². The van der Waals surface area contributed by atoms with Crippen LogP contribution in [0.25, 0.3) is 0 Å². The lowest BCUT2D eigenvalue weighted by Crippen LogP contribution is -2.38. The van der Waals surface area contributed by atoms with E-state index in [9.17, 15) is 13.2 Å². The molecule has 0 fully saturated rings. The van der Waals surface area contributed by atoms with Gasteiger partial charge in [0, 0.05) is 18.9 Å². The second-order valence-corrected chi connectivity index (χ2v) is 3.18. The first-order valence-electron chi connectivity index (χ1n) is 4.20. The molecule has 1 aromatic heterocycles. The van der Waals surface area contributed by atoms with E-state index in [1.54, 1.807) is 6.92 Å². The smallest absolute Gasteiger partial charge is 0.387 e. The van der Waals surface area contributed by atoms with Crippen LogP contribution in [0.2, 0.25) is 0 Å². The summed E-state index contributed by atoms with van der Waals surface area (Å²) >= 11 is 0. The molecule has 0 saturated carbocycles. The quantitative estimate of drug-likeness (QED) is 0.595. The Hall–Kier alpha value is -1.53. The third-order valence-electron chi connectivity index (χ3n) is 2.07. The number of alkyl halides is 3. The van der Waals surface area contributed by atoms with E-state index in [2.05, 4.69) is 4.98 Å². The predicted molar refractivity (Wildman–Crippen MR) is 48.4 cm³/mol. The lowest BCUT2D eigenvalue weighted by Gasteiger charge is -2.19. The molecule has 84 valence electrons. The molecule has 0 bridgehead atoms. The molecule has 0 aliphatic carbocycles. The van der Waals surface area contributed by atoms with Crippen molar-refractivity contribution in [2.45, 2.75) is 19.6 Å². The average Bonchev–Trinajstić information content (AvgIpc) is 2.44. The molecule has 0 spiro atoms. The number of hydrogen-bond donors (Lipinski definition) is 2. The molecule has 0 amide bonds. The monoisotopic (exact) mass is 220 g/mol. The molecule has 1 aromatic rings. The molecule has 0 aromatic carbocycles. The maximum Gasteiger partial charge on any atom is 0.400 e. The van der Waals surface area contributed by atoms with Crippen LogP contribution < -0.4 is 5.73 Å². The molecular weight excluding hydrogens is 209 g/mol. The largest absolute Gasteiger partial charge is 0.400 e. The minimum absolute atomic E-state index is 0.398. The highest BCUT2D eigenvalue weighted by atomic mass is 19.4. The van der Waals surface area contributed by atoms with Crippen LogP contribution in [-0.2, 0) is 6.54 Å². The van der Waals surface area contributed by atoms with Gasteiger partial charge in [0.15, 0.2) is 0 Å². The fraction of sp³-hybridized carbons (Fsp3) is 0.500. The first-order valence-corrected chi connectivity index (χ1v) is 4.20. The zero-order valence-corrected chi connectivity index (χ0v) is 8.04. The van der Waals surface area contributed by atoms with Crippen molar-refractivity contribution >= 4 is 5.84 Å². The summed E-state index contributed by atoms with van der Waals surface area (Å²) in [7, 11) is 0. The molecule has 0 aliphatic rings. The van der Waals surface area contributed by atoms with Crippen molar-refractivity contribution in [3.63, 3.8) is 0 Å². The van der Waals surface area contributed by atoms with Gasteiger partial charge in [-0.1, -0.05) is 0 Å². The first-order chi connectivity index (χ1) is 6.82. The van der Waals surface area contributed by atoms with Crippen molar-refractivity contribution in [3.8, 4) is 0 Å². The van der Waals surface area contributed by atoms with Crippen molar-refractivity contribution in [1.82, 2.24) is 9.55 Å². The van der Waals surface area contributed by atoms with E-state index in [1.165, 1.54) is 17.0 Å². The third-order valence-corrected chi connectivity index (χ3v) is 2.07. The number of nitrogens with one attached hydrogen (secondary N) is 1. The van der Waals surface area contributed by atoms with Crippen LogP contribution in [0.1, 0.15) is 5.82 Å². The Morgan fingerprint density at radius 3 is 2.60 bits per heavy atom. The number of aryl methyl sites for hydroxylation is 1. The Labute approximate surface area is 84.4 Å². The van der Waals surface area contributed by atoms with Gasteiger partial charge in [0.1, 0.15) is 17.6 Å². The molecule has 7 heteroatoms. The summed E-state index contributed by atoms with van der Waals surface area (Å²) in [5.74, 6) is -2.37. The summed E-state index contributed by atoms with van der Waals surface area (Å²) < 4.78 is 38.6. The standard InChI is InChI=1S/C8H11F3N4/c1-5-14-2-3-15(5)4-6(7(12)13)8(9,10)11/h2-3,6H,4H2,1H3,(H3,12,13). The average molecular weight is 220 g/mol. The van der Waals surface area contributed by atoms with Crippen LogP contribution in [0.15, 0.2) is 12.4 Å². The van der Waals surface area contributed by atoms with Crippen LogP contribution >= 0.6 is 0 Å². The molecule has 0 saturated heterocycles. The van der Waals surface area contributed by atoms with Gasteiger partial charge in [-0.25, -0.2) is 4.98 Å². The Bertz CT molecular complexity index is 355. The van der Waals surface area contributed by atoms with Gasteiger partial charge in [-0.05, 0) is 6.92 Å². The maximum atomic E-state index is 12.4. The van der Waals surface area contributed by atoms with E-state index >= 15 is 0 Å². The number of rotatable bonds is 3. The Morgan fingerprint density at radius 2 is 2.27 bits per heavy atom. The molecule has 1 atom stereocenters. The number of aromatic nitrogens is 2. The van der Waals surface area contributed by atoms with E-state index < -0.39 is 24.5 Å². The normalized spacial score (nSPS) is 13.9. The van der Waals surface area contributed by atoms with Gasteiger partial charge in [-0.15, -0.1) is 0 Å². The Kier molecular flexibility index (Phi) is 3.01. The Morgan fingerprint density at radius 1 is 1.67 bits per heavy atom. The molecule has 0 radical (unpaired) electrons. The SMILES string of the molecule is Cc1nccn1CC(C(=N)N)C(F)(F)F. The lowest BCUT2D eigenvalue weighted by atomic mass is 10.1. The molecule has 15 heavy (non-hydrogen) atoms. The number of hydrogen-bond acceptors (Lipinski definition) is 2. The fourth-order valence-electron chi connectivity index (χ4n) is 1.17. The van der Waals surface area contributed by atoms with Crippen molar-refractivity contribution in [1.29, 1.82) is 5.41 Å². The summed E-state index contributed by atoms with van der Waals surface area (Å²) in [6, 6.07) is 0. The third kappa shape index (κ3) is 2.71. The van der Waals surface area contributed by atoms with Crippen molar-refractivity contribution in [2.24, 2.45) is 11.7 Å². The predicted octanol–water partition coefficient (Wildman–Crippen LogP) is 1.31. The second-order valence-electron chi connectivity index (χ2n) is 3.18. The summed E-state index contributed by atoms with van der Waals surface area (Å²) in [5, 5.41) is 6.90. The van der Waals surface area contributed by atoms with Crippen molar-refractivity contribution in [3.05, 3.63) is 18.2 Å². The highest BCUT2D eigenvalue weighted by Crippen LogP contribution is 2.27. The summed E-state index contributed by atoms with van der Waals surface area (Å²) in [6.45, 7) is 1.19. The van der Waals surface area contributed by atoms with Crippen LogP contribution in [0, 0.1) is 18.3 Å². The van der Waals surface area contributed by atoms with Gasteiger partial charge in [-0.2, -0.15) is 13.2 Å². The van der Waals surface area contributed by atoms with E-state index in [0.717, 1.165) is 0 Å². The lowest BCUT2D eigenvalue weighted by molar-refractivity contribution is -0.158. The van der Waals surface area contributed by atoms with Crippen LogP contribution in [-0.4, -0.2) is 21.6 Å². The van der Waals surface area contributed by atoms with Crippen molar-refractivity contribution in [2.75, 3.05) is 0 Å². The number of amidine groups is 1. The minimum atomic E-state index is -4.50. The highest BCUT2D eigenvalue weighted by molar-refractivity contribution is 5.80. The summed E-state index contributed by atoms with van der Waals surface area (Å²) in [5.41, 5.74) is 4.92. The van der Waals surface area contributed by atoms with Crippen LogP contribution in [0.4, 0.5) is 13.2 Å². The zero-order valence-electron chi connectivity index (χ0n) is 8.04. The molecule has 0 aliphatic heterocycles. The minimum Gasteiger partial charge on any atom is -0.387 e. The second kappa shape index (κ2) is 3.92. The molecular formula is C8H11F3N4. The molecule has 1 unspecified atom stereocenters. The molecule has 1 heterocycles. The summed E-state index contributed by atoms with van der Waals surface area (Å²) in [4.78, 5) is 3.80. The van der Waals surface area contributed by atoms with E-state index in [-0.39, 0.29) is 0 Å². The number of nitrogens with two attached hydrogens (primary N) is 1. The van der Waals surface area contributed by atoms with Gasteiger partial charge in [0.2, 0.25) is 0 Å². The van der Waals surface area contributed by atoms with Crippen molar-refractivity contribution < 1.29 is 13.2 Å². The van der Waals surface area contributed by atoms with E-state index in [1.807, 2.05) is 0 Å². The zero-order chi connectivity index (χ0) is 11.6. The number of nitrogens with zero attached hydrogens (tertiary/aromatic N) is 2. The van der Waals surface area contributed by atoms with Gasteiger partial charge < -0.3 is 10.3 Å². The molecule has 4 nitrogen and oxygen atoms in total. The highest BCUT2D eigenvalue weighted by Gasteiger charge is 2.42. The topological polar surface area (TPSA) is 67.7 Å². The fourth-order valence-corrected chi connectivity index (χ4v) is 1.17. The summed E-state index contributed by atoms with van der Waals surface area (Å²) in [6.07, 6.45) is -1.66. The van der Waals surface area contributed by atoms with Gasteiger partial charge >= 0.3 is 6.18 Å². The van der Waals surface area contributed by atoms with Crippen LogP contribution in [0.3, 0.4) is 0 Å². The van der Waals surface area contributed by atoms with Gasteiger partial charge in [0.25, 0.3) is 0 Å². The first kappa shape index (κ1) is 11.5. The van der Waals surface area contributed by atoms with E-state index in [0.29, 0.717) is 5.82 Å². The maximum absolute atomic E-state index is 12.4.